The lowest BCUT2D eigenvalue weighted by Gasteiger charge is -2.22. The molecule has 2 heterocycles. The molecule has 1 fully saturated rings. The Labute approximate surface area is 173 Å². The van der Waals surface area contributed by atoms with Crippen molar-refractivity contribution in [3.63, 3.8) is 0 Å². The molecule has 0 N–H and O–H groups in total. The highest BCUT2D eigenvalue weighted by molar-refractivity contribution is 7.22. The molecule has 1 unspecified atom stereocenters. The molecule has 0 bridgehead atoms. The van der Waals surface area contributed by atoms with Crippen LogP contribution < -0.4 is 14.5 Å². The van der Waals surface area contributed by atoms with Crippen LogP contribution >= 0.6 is 11.3 Å². The average Bonchev–Trinajstić information content (AvgIpc) is 3.33. The third-order valence-electron chi connectivity index (χ3n) is 5.03. The Kier molecular flexibility index (Phi) is 5.49. The number of para-hydroxylation sites is 1. The average molecular weight is 410 g/mol. The van der Waals surface area contributed by atoms with Gasteiger partial charge in [0.15, 0.2) is 5.13 Å². The molecular formula is C22H23N3O3S. The fourth-order valence-corrected chi connectivity index (χ4v) is 4.63. The van der Waals surface area contributed by atoms with Gasteiger partial charge in [-0.2, -0.15) is 0 Å². The number of aromatic nitrogens is 1. The van der Waals surface area contributed by atoms with Crippen LogP contribution in [0.25, 0.3) is 10.2 Å². The zero-order valence-corrected chi connectivity index (χ0v) is 17.3. The summed E-state index contributed by atoms with van der Waals surface area (Å²) in [7, 11) is 0. The van der Waals surface area contributed by atoms with Gasteiger partial charge in [-0.3, -0.25) is 14.5 Å². The van der Waals surface area contributed by atoms with E-state index in [9.17, 15) is 9.59 Å². The Hall–Kier alpha value is -2.93. The molecular weight excluding hydrogens is 386 g/mol. The van der Waals surface area contributed by atoms with Gasteiger partial charge in [-0.25, -0.2) is 4.98 Å². The van der Waals surface area contributed by atoms with E-state index in [0.717, 1.165) is 21.7 Å². The lowest BCUT2D eigenvalue weighted by Crippen LogP contribution is -2.37. The molecule has 7 heteroatoms. The summed E-state index contributed by atoms with van der Waals surface area (Å²) >= 11 is 1.50. The molecule has 1 aliphatic rings. The molecule has 29 heavy (non-hydrogen) atoms. The number of anilines is 2. The summed E-state index contributed by atoms with van der Waals surface area (Å²) in [6.45, 7) is 5.36. The number of carbonyl (C=O) groups excluding carboxylic acids is 2. The summed E-state index contributed by atoms with van der Waals surface area (Å²) in [5.74, 6) is 0.311. The number of rotatable bonds is 6. The first-order valence-electron chi connectivity index (χ1n) is 9.81. The molecule has 0 aliphatic carbocycles. The topological polar surface area (TPSA) is 62.7 Å². The van der Waals surface area contributed by atoms with Crippen LogP contribution in [0.5, 0.6) is 5.75 Å². The Balaban J connectivity index is 1.51. The Morgan fingerprint density at radius 2 is 1.97 bits per heavy atom. The lowest BCUT2D eigenvalue weighted by molar-refractivity contribution is -0.124. The molecule has 3 aromatic rings. The first-order valence-corrected chi connectivity index (χ1v) is 10.6. The van der Waals surface area contributed by atoms with E-state index < -0.39 is 0 Å². The van der Waals surface area contributed by atoms with E-state index in [4.69, 9.17) is 4.74 Å². The van der Waals surface area contributed by atoms with Gasteiger partial charge < -0.3 is 9.64 Å². The first-order chi connectivity index (χ1) is 14.1. The second kappa shape index (κ2) is 8.21. The van der Waals surface area contributed by atoms with Gasteiger partial charge in [-0.15, -0.1) is 0 Å². The minimum absolute atomic E-state index is 0.0344. The van der Waals surface area contributed by atoms with Crippen molar-refractivity contribution in [1.82, 2.24) is 4.98 Å². The maximum Gasteiger partial charge on any atom is 0.234 e. The molecule has 4 rings (SSSR count). The molecule has 150 valence electrons. The smallest absolute Gasteiger partial charge is 0.234 e. The van der Waals surface area contributed by atoms with Gasteiger partial charge in [0.1, 0.15) is 5.75 Å². The number of hydrogen-bond donors (Lipinski definition) is 0. The second-order valence-corrected chi connectivity index (χ2v) is 7.89. The molecule has 1 saturated heterocycles. The minimum Gasteiger partial charge on any atom is -0.494 e. The minimum atomic E-state index is -0.374. The molecule has 6 nitrogen and oxygen atoms in total. The van der Waals surface area contributed by atoms with Crippen molar-refractivity contribution >= 4 is 44.2 Å². The van der Waals surface area contributed by atoms with Crippen LogP contribution in [0.2, 0.25) is 0 Å². The molecule has 0 saturated carbocycles. The van der Waals surface area contributed by atoms with Crippen molar-refractivity contribution < 1.29 is 14.3 Å². The second-order valence-electron chi connectivity index (χ2n) is 6.88. The number of ether oxygens (including phenoxy) is 1. The van der Waals surface area contributed by atoms with E-state index in [-0.39, 0.29) is 24.2 Å². The first kappa shape index (κ1) is 19.4. The Morgan fingerprint density at radius 3 is 2.66 bits per heavy atom. The van der Waals surface area contributed by atoms with Crippen LogP contribution in [-0.4, -0.2) is 36.5 Å². The molecule has 2 amide bonds. The number of fused-ring (bicyclic) bond motifs is 1. The zero-order valence-electron chi connectivity index (χ0n) is 16.5. The number of hydrogen-bond acceptors (Lipinski definition) is 5. The van der Waals surface area contributed by atoms with Crippen LogP contribution in [0, 0.1) is 5.92 Å². The van der Waals surface area contributed by atoms with Crippen LogP contribution in [0.3, 0.4) is 0 Å². The van der Waals surface area contributed by atoms with Gasteiger partial charge in [0.25, 0.3) is 0 Å². The Bertz CT molecular complexity index is 998. The highest BCUT2D eigenvalue weighted by Gasteiger charge is 2.38. The summed E-state index contributed by atoms with van der Waals surface area (Å²) in [5, 5.41) is 0.686. The van der Waals surface area contributed by atoms with Crippen molar-refractivity contribution in [2.24, 2.45) is 5.92 Å². The van der Waals surface area contributed by atoms with Crippen molar-refractivity contribution in [2.45, 2.75) is 20.3 Å². The standard InChI is InChI=1S/C22H23N3O3S/c1-3-24(22-23-18-7-5-6-8-19(18)29-22)21(27)15-13-20(26)25(14-15)16-9-11-17(12-10-16)28-4-2/h5-12,15H,3-4,13-14H2,1-2H3. The fourth-order valence-electron chi connectivity index (χ4n) is 3.59. The predicted octanol–water partition coefficient (Wildman–Crippen LogP) is 4.10. The third-order valence-corrected chi connectivity index (χ3v) is 6.09. The SMILES string of the molecule is CCOc1ccc(N2CC(C(=O)N(CC)c3nc4ccccc4s3)CC2=O)cc1. The van der Waals surface area contributed by atoms with Gasteiger partial charge in [0.2, 0.25) is 11.8 Å². The van der Waals surface area contributed by atoms with Crippen LogP contribution in [0.4, 0.5) is 10.8 Å². The van der Waals surface area contributed by atoms with E-state index in [1.165, 1.54) is 11.3 Å². The van der Waals surface area contributed by atoms with Gasteiger partial charge in [0, 0.05) is 25.2 Å². The quantitative estimate of drug-likeness (QED) is 0.615. The van der Waals surface area contributed by atoms with E-state index in [0.29, 0.717) is 24.8 Å². The maximum atomic E-state index is 13.2. The maximum absolute atomic E-state index is 13.2. The number of amides is 2. The monoisotopic (exact) mass is 409 g/mol. The fraction of sp³-hybridized carbons (Fsp3) is 0.318. The van der Waals surface area contributed by atoms with Crippen molar-refractivity contribution in [3.8, 4) is 5.75 Å². The number of benzene rings is 2. The predicted molar refractivity (Wildman–Crippen MR) is 116 cm³/mol. The normalized spacial score (nSPS) is 16.4. The lowest BCUT2D eigenvalue weighted by atomic mass is 10.1. The summed E-state index contributed by atoms with van der Waals surface area (Å²) in [6.07, 6.45) is 0.216. The summed E-state index contributed by atoms with van der Waals surface area (Å²) in [6, 6.07) is 15.3. The van der Waals surface area contributed by atoms with E-state index >= 15 is 0 Å². The summed E-state index contributed by atoms with van der Waals surface area (Å²) in [5.41, 5.74) is 1.68. The van der Waals surface area contributed by atoms with Crippen LogP contribution in [-0.2, 0) is 9.59 Å². The highest BCUT2D eigenvalue weighted by atomic mass is 32.1. The molecule has 1 aliphatic heterocycles. The van der Waals surface area contributed by atoms with Crippen molar-refractivity contribution in [1.29, 1.82) is 0 Å². The molecule has 0 spiro atoms. The molecule has 1 aromatic heterocycles. The van der Waals surface area contributed by atoms with Crippen molar-refractivity contribution in [3.05, 3.63) is 48.5 Å². The summed E-state index contributed by atoms with van der Waals surface area (Å²) in [4.78, 5) is 33.8. The van der Waals surface area contributed by atoms with Crippen LogP contribution in [0.1, 0.15) is 20.3 Å². The summed E-state index contributed by atoms with van der Waals surface area (Å²) < 4.78 is 6.51. The number of nitrogens with zero attached hydrogens (tertiary/aromatic N) is 3. The molecule has 0 radical (unpaired) electrons. The molecule has 1 atom stereocenters. The van der Waals surface area contributed by atoms with Crippen molar-refractivity contribution in [2.75, 3.05) is 29.5 Å². The van der Waals surface area contributed by atoms with Gasteiger partial charge in [-0.1, -0.05) is 23.5 Å². The third kappa shape index (κ3) is 3.82. The Morgan fingerprint density at radius 1 is 1.21 bits per heavy atom. The number of carbonyl (C=O) groups is 2. The van der Waals surface area contributed by atoms with E-state index in [2.05, 4.69) is 4.98 Å². The van der Waals surface area contributed by atoms with Gasteiger partial charge in [-0.05, 0) is 50.2 Å². The number of thiazole rings is 1. The molecule has 2 aromatic carbocycles. The van der Waals surface area contributed by atoms with Crippen LogP contribution in [0.15, 0.2) is 48.5 Å². The highest BCUT2D eigenvalue weighted by Crippen LogP contribution is 2.32. The van der Waals surface area contributed by atoms with Gasteiger partial charge >= 0.3 is 0 Å². The van der Waals surface area contributed by atoms with E-state index in [1.807, 2.05) is 62.4 Å². The van der Waals surface area contributed by atoms with Gasteiger partial charge in [0.05, 0.1) is 22.7 Å². The largest absolute Gasteiger partial charge is 0.494 e. The van der Waals surface area contributed by atoms with E-state index in [1.54, 1.807) is 9.80 Å². The zero-order chi connectivity index (χ0) is 20.4.